The summed E-state index contributed by atoms with van der Waals surface area (Å²) in [5.41, 5.74) is 0.827. The molecule has 1 amide bonds. The van der Waals surface area contributed by atoms with Gasteiger partial charge in [-0.3, -0.25) is 9.69 Å². The first-order valence-electron chi connectivity index (χ1n) is 7.12. The quantitative estimate of drug-likeness (QED) is 0.849. The molecule has 2 N–H and O–H groups in total. The van der Waals surface area contributed by atoms with Gasteiger partial charge in [0.15, 0.2) is 0 Å². The number of nitrogens with one attached hydrogen (secondary N) is 2. The van der Waals surface area contributed by atoms with Gasteiger partial charge in [0, 0.05) is 10.5 Å². The van der Waals surface area contributed by atoms with Crippen molar-refractivity contribution in [3.8, 4) is 0 Å². The second kappa shape index (κ2) is 9.41. The Hall–Kier alpha value is -0.620. The molecule has 21 heavy (non-hydrogen) atoms. The number of rotatable bonds is 4. The fraction of sp³-hybridized carbons (Fsp3) is 0.533. The van der Waals surface area contributed by atoms with Gasteiger partial charge in [-0.05, 0) is 67.5 Å². The number of hydrogen-bond acceptors (Lipinski definition) is 3. The van der Waals surface area contributed by atoms with Crippen molar-refractivity contribution < 1.29 is 4.79 Å². The van der Waals surface area contributed by atoms with E-state index >= 15 is 0 Å². The molecule has 0 bridgehead atoms. The molecule has 0 saturated carbocycles. The van der Waals surface area contributed by atoms with Crippen molar-refractivity contribution in [3.63, 3.8) is 0 Å². The van der Waals surface area contributed by atoms with Gasteiger partial charge in [-0.25, -0.2) is 0 Å². The van der Waals surface area contributed by atoms with Crippen LogP contribution in [0, 0.1) is 0 Å². The maximum absolute atomic E-state index is 12.1. The molecule has 1 heterocycles. The maximum Gasteiger partial charge on any atom is 0.238 e. The minimum Gasteiger partial charge on any atom is -0.324 e. The Morgan fingerprint density at radius 3 is 2.90 bits per heavy atom. The molecule has 1 saturated heterocycles. The van der Waals surface area contributed by atoms with E-state index in [9.17, 15) is 4.79 Å². The zero-order valence-corrected chi connectivity index (χ0v) is 14.7. The van der Waals surface area contributed by atoms with Gasteiger partial charge in [-0.1, -0.05) is 12.1 Å². The maximum atomic E-state index is 12.1. The summed E-state index contributed by atoms with van der Waals surface area (Å²) < 4.78 is 0.912. The fourth-order valence-corrected chi connectivity index (χ4v) is 2.93. The summed E-state index contributed by atoms with van der Waals surface area (Å²) >= 11 is 3.44. The normalized spacial score (nSPS) is 18.7. The molecule has 118 valence electrons. The van der Waals surface area contributed by atoms with Crippen LogP contribution in [0.2, 0.25) is 0 Å². The monoisotopic (exact) mass is 375 g/mol. The highest BCUT2D eigenvalue weighted by Crippen LogP contribution is 2.21. The van der Waals surface area contributed by atoms with E-state index in [1.807, 2.05) is 31.3 Å². The number of carbonyl (C=O) groups is 1. The third kappa shape index (κ3) is 5.94. The molecule has 1 fully saturated rings. The number of benzene rings is 1. The SMILES string of the molecule is CN(CC(=O)Nc1ccccc1Br)C1CCCNCC1.Cl. The Kier molecular flexibility index (Phi) is 8.26. The van der Waals surface area contributed by atoms with Gasteiger partial charge < -0.3 is 10.6 Å². The summed E-state index contributed by atoms with van der Waals surface area (Å²) in [4.78, 5) is 14.3. The van der Waals surface area contributed by atoms with Crippen molar-refractivity contribution >= 4 is 39.9 Å². The molecule has 1 aromatic carbocycles. The van der Waals surface area contributed by atoms with Gasteiger partial charge in [0.25, 0.3) is 0 Å². The molecule has 0 spiro atoms. The van der Waals surface area contributed by atoms with Gasteiger partial charge in [0.2, 0.25) is 5.91 Å². The first-order valence-corrected chi connectivity index (χ1v) is 7.91. The summed E-state index contributed by atoms with van der Waals surface area (Å²) in [6.45, 7) is 2.57. The summed E-state index contributed by atoms with van der Waals surface area (Å²) in [7, 11) is 2.04. The van der Waals surface area contributed by atoms with Gasteiger partial charge in [0.1, 0.15) is 0 Å². The Morgan fingerprint density at radius 1 is 1.38 bits per heavy atom. The number of carbonyl (C=O) groups excluding carboxylic acids is 1. The minimum absolute atomic E-state index is 0. The van der Waals surface area contributed by atoms with Crippen LogP contribution < -0.4 is 10.6 Å². The number of anilines is 1. The van der Waals surface area contributed by atoms with E-state index in [1.165, 1.54) is 6.42 Å². The Labute approximate surface area is 141 Å². The van der Waals surface area contributed by atoms with E-state index in [-0.39, 0.29) is 18.3 Å². The predicted octanol–water partition coefficient (Wildman–Crippen LogP) is 2.88. The predicted molar refractivity (Wildman–Crippen MR) is 93.2 cm³/mol. The lowest BCUT2D eigenvalue weighted by molar-refractivity contribution is -0.117. The number of amides is 1. The van der Waals surface area contributed by atoms with Crippen LogP contribution in [0.3, 0.4) is 0 Å². The average molecular weight is 377 g/mol. The minimum atomic E-state index is 0. The van der Waals surface area contributed by atoms with E-state index in [0.717, 1.165) is 36.1 Å². The summed E-state index contributed by atoms with van der Waals surface area (Å²) in [6.07, 6.45) is 3.45. The second-order valence-corrected chi connectivity index (χ2v) is 6.13. The highest BCUT2D eigenvalue weighted by atomic mass is 79.9. The lowest BCUT2D eigenvalue weighted by Gasteiger charge is -2.26. The lowest BCUT2D eigenvalue weighted by atomic mass is 10.1. The molecule has 1 unspecified atom stereocenters. The van der Waals surface area contributed by atoms with Crippen LogP contribution in [0.15, 0.2) is 28.7 Å². The third-order valence-electron chi connectivity index (χ3n) is 3.71. The Bertz CT molecular complexity index is 450. The molecule has 1 aliphatic heterocycles. The van der Waals surface area contributed by atoms with Crippen molar-refractivity contribution in [1.29, 1.82) is 0 Å². The molecule has 1 aliphatic rings. The van der Waals surface area contributed by atoms with Crippen LogP contribution in [-0.4, -0.2) is 43.5 Å². The molecule has 0 aromatic heterocycles. The number of halogens is 2. The van der Waals surface area contributed by atoms with Gasteiger partial charge in [-0.2, -0.15) is 0 Å². The topological polar surface area (TPSA) is 44.4 Å². The van der Waals surface area contributed by atoms with Crippen molar-refractivity contribution in [2.75, 3.05) is 32.0 Å². The zero-order valence-electron chi connectivity index (χ0n) is 12.3. The van der Waals surface area contributed by atoms with Crippen LogP contribution >= 0.6 is 28.3 Å². The zero-order chi connectivity index (χ0) is 14.4. The Balaban J connectivity index is 0.00000220. The number of likely N-dealkylation sites (N-methyl/N-ethyl adjacent to an activating group) is 1. The summed E-state index contributed by atoms with van der Waals surface area (Å²) in [5.74, 6) is 0.0385. The molecule has 6 heteroatoms. The van der Waals surface area contributed by atoms with Gasteiger partial charge >= 0.3 is 0 Å². The largest absolute Gasteiger partial charge is 0.324 e. The summed E-state index contributed by atoms with van der Waals surface area (Å²) in [6, 6.07) is 8.18. The van der Waals surface area contributed by atoms with E-state index in [4.69, 9.17) is 0 Å². The average Bonchev–Trinajstić information content (AvgIpc) is 2.70. The molecule has 1 aromatic rings. The van der Waals surface area contributed by atoms with E-state index in [0.29, 0.717) is 12.6 Å². The van der Waals surface area contributed by atoms with Crippen LogP contribution in [-0.2, 0) is 4.79 Å². The number of nitrogens with zero attached hydrogens (tertiary/aromatic N) is 1. The molecular weight excluding hydrogens is 354 g/mol. The van der Waals surface area contributed by atoms with Crippen molar-refractivity contribution in [2.45, 2.75) is 25.3 Å². The standard InChI is InChI=1S/C15H22BrN3O.ClH/c1-19(12-5-4-9-17-10-8-12)11-15(20)18-14-7-3-2-6-13(14)16;/h2-3,6-7,12,17H,4-5,8-11H2,1H3,(H,18,20);1H. The van der Waals surface area contributed by atoms with Crippen LogP contribution in [0.25, 0.3) is 0 Å². The Morgan fingerprint density at radius 2 is 2.14 bits per heavy atom. The van der Waals surface area contributed by atoms with Crippen LogP contribution in [0.1, 0.15) is 19.3 Å². The second-order valence-electron chi connectivity index (χ2n) is 5.28. The van der Waals surface area contributed by atoms with Crippen LogP contribution in [0.4, 0.5) is 5.69 Å². The molecule has 2 rings (SSSR count). The fourth-order valence-electron chi connectivity index (χ4n) is 2.55. The van der Waals surface area contributed by atoms with Crippen molar-refractivity contribution in [3.05, 3.63) is 28.7 Å². The first-order chi connectivity index (χ1) is 9.66. The summed E-state index contributed by atoms with van der Waals surface area (Å²) in [5, 5.41) is 6.35. The van der Waals surface area contributed by atoms with Crippen molar-refractivity contribution in [1.82, 2.24) is 10.2 Å². The van der Waals surface area contributed by atoms with Gasteiger partial charge in [-0.15, -0.1) is 12.4 Å². The highest BCUT2D eigenvalue weighted by molar-refractivity contribution is 9.10. The molecule has 0 aliphatic carbocycles. The molecular formula is C15H23BrClN3O. The highest BCUT2D eigenvalue weighted by Gasteiger charge is 2.18. The van der Waals surface area contributed by atoms with Gasteiger partial charge in [0.05, 0.1) is 12.2 Å². The van der Waals surface area contributed by atoms with E-state index in [1.54, 1.807) is 0 Å². The lowest BCUT2D eigenvalue weighted by Crippen LogP contribution is -2.38. The molecule has 0 radical (unpaired) electrons. The molecule has 4 nitrogen and oxygen atoms in total. The third-order valence-corrected chi connectivity index (χ3v) is 4.40. The number of hydrogen-bond donors (Lipinski definition) is 2. The first kappa shape index (κ1) is 18.4. The van der Waals surface area contributed by atoms with E-state index in [2.05, 4.69) is 31.5 Å². The smallest absolute Gasteiger partial charge is 0.238 e. The van der Waals surface area contributed by atoms with Crippen LogP contribution in [0.5, 0.6) is 0 Å². The van der Waals surface area contributed by atoms with E-state index < -0.39 is 0 Å². The molecule has 1 atom stereocenters. The number of para-hydroxylation sites is 1. The van der Waals surface area contributed by atoms with Crippen molar-refractivity contribution in [2.24, 2.45) is 0 Å².